The number of carbonyl (C=O) groups excluding carboxylic acids is 2. The quantitative estimate of drug-likeness (QED) is 0.244. The second kappa shape index (κ2) is 12.6. The van der Waals surface area contributed by atoms with E-state index < -0.39 is 5.91 Å². The molecule has 33 heavy (non-hydrogen) atoms. The van der Waals surface area contributed by atoms with Crippen LogP contribution in [-0.2, 0) is 11.2 Å². The van der Waals surface area contributed by atoms with Gasteiger partial charge < -0.3 is 4.74 Å². The molecule has 0 fully saturated rings. The third-order valence-corrected chi connectivity index (χ3v) is 5.36. The first kappa shape index (κ1) is 24.2. The molecule has 0 bridgehead atoms. The number of thiocarbonyl (C=S) groups is 1. The van der Waals surface area contributed by atoms with Crippen LogP contribution in [0.15, 0.2) is 66.7 Å². The first-order valence-electron chi connectivity index (χ1n) is 11.2. The monoisotopic (exact) mass is 463 g/mol. The number of hydrogen-bond acceptors (Lipinski definition) is 4. The zero-order valence-electron chi connectivity index (χ0n) is 18.7. The molecule has 3 N–H and O–H groups in total. The zero-order valence-corrected chi connectivity index (χ0v) is 19.5. The standard InChI is InChI=1S/C26H29N3O3S/c1-2-3-4-9-17-32-23-16-8-7-15-22(23)25(31)27-26(33)29-28-24(30)18-20-13-10-12-19-11-5-6-14-21(19)20/h5-8,10-16H,2-4,9,17-18H2,1H3,(H,28,30)(H2,27,29,31,33). The summed E-state index contributed by atoms with van der Waals surface area (Å²) < 4.78 is 5.79. The van der Waals surface area contributed by atoms with Gasteiger partial charge in [0.2, 0.25) is 5.91 Å². The highest BCUT2D eigenvalue weighted by molar-refractivity contribution is 7.80. The van der Waals surface area contributed by atoms with E-state index in [1.165, 1.54) is 0 Å². The summed E-state index contributed by atoms with van der Waals surface area (Å²) in [4.78, 5) is 25.1. The molecule has 0 heterocycles. The molecule has 0 aromatic heterocycles. The summed E-state index contributed by atoms with van der Waals surface area (Å²) >= 11 is 5.17. The smallest absolute Gasteiger partial charge is 0.261 e. The molecule has 0 radical (unpaired) electrons. The average molecular weight is 464 g/mol. The Balaban J connectivity index is 1.49. The lowest BCUT2D eigenvalue weighted by Gasteiger charge is -2.14. The van der Waals surface area contributed by atoms with Crippen molar-refractivity contribution in [2.45, 2.75) is 39.0 Å². The number of ether oxygens (including phenoxy) is 1. The van der Waals surface area contributed by atoms with Crippen LogP contribution in [0.2, 0.25) is 0 Å². The van der Waals surface area contributed by atoms with Crippen molar-refractivity contribution in [2.75, 3.05) is 6.61 Å². The topological polar surface area (TPSA) is 79.5 Å². The predicted octanol–water partition coefficient (Wildman–Crippen LogP) is 4.68. The molecular weight excluding hydrogens is 434 g/mol. The van der Waals surface area contributed by atoms with Gasteiger partial charge in [-0.05, 0) is 47.1 Å². The van der Waals surface area contributed by atoms with E-state index >= 15 is 0 Å². The lowest BCUT2D eigenvalue weighted by atomic mass is 10.0. The number of benzene rings is 3. The molecule has 0 aliphatic rings. The van der Waals surface area contributed by atoms with Crippen LogP contribution < -0.4 is 20.9 Å². The Hall–Kier alpha value is -3.45. The maximum Gasteiger partial charge on any atom is 0.261 e. The molecule has 2 amide bonds. The van der Waals surface area contributed by atoms with Crippen LogP contribution in [0.1, 0.15) is 48.5 Å². The molecule has 0 aliphatic carbocycles. The number of fused-ring (bicyclic) bond motifs is 1. The van der Waals surface area contributed by atoms with Gasteiger partial charge in [-0.3, -0.25) is 25.8 Å². The highest BCUT2D eigenvalue weighted by Crippen LogP contribution is 2.19. The maximum atomic E-state index is 12.7. The Kier molecular flexibility index (Phi) is 9.20. The van der Waals surface area contributed by atoms with E-state index in [4.69, 9.17) is 17.0 Å². The lowest BCUT2D eigenvalue weighted by molar-refractivity contribution is -0.121. The Morgan fingerprint density at radius 3 is 2.48 bits per heavy atom. The van der Waals surface area contributed by atoms with Gasteiger partial charge in [0.05, 0.1) is 18.6 Å². The Labute approximate surface area is 199 Å². The minimum Gasteiger partial charge on any atom is -0.493 e. The molecule has 0 unspecified atom stereocenters. The Morgan fingerprint density at radius 1 is 0.879 bits per heavy atom. The van der Waals surface area contributed by atoms with E-state index in [2.05, 4.69) is 23.1 Å². The van der Waals surface area contributed by atoms with Crippen molar-refractivity contribution < 1.29 is 14.3 Å². The molecule has 3 aromatic carbocycles. The molecule has 172 valence electrons. The fourth-order valence-corrected chi connectivity index (χ4v) is 3.63. The van der Waals surface area contributed by atoms with E-state index in [0.717, 1.165) is 42.0 Å². The normalized spacial score (nSPS) is 10.5. The van der Waals surface area contributed by atoms with Crippen LogP contribution in [-0.4, -0.2) is 23.5 Å². The zero-order chi connectivity index (χ0) is 23.5. The highest BCUT2D eigenvalue weighted by Gasteiger charge is 2.14. The number of carbonyl (C=O) groups is 2. The number of nitrogens with one attached hydrogen (secondary N) is 3. The summed E-state index contributed by atoms with van der Waals surface area (Å²) in [7, 11) is 0. The summed E-state index contributed by atoms with van der Waals surface area (Å²) in [6.45, 7) is 2.71. The van der Waals surface area contributed by atoms with Crippen molar-refractivity contribution in [2.24, 2.45) is 0 Å². The SMILES string of the molecule is CCCCCCOc1ccccc1C(=O)NC(=S)NNC(=O)Cc1cccc2ccccc12. The van der Waals surface area contributed by atoms with E-state index in [1.807, 2.05) is 48.5 Å². The Morgan fingerprint density at radius 2 is 1.64 bits per heavy atom. The number of hydrazine groups is 1. The van der Waals surface area contributed by atoms with E-state index in [9.17, 15) is 9.59 Å². The van der Waals surface area contributed by atoms with Gasteiger partial charge in [-0.1, -0.05) is 80.8 Å². The largest absolute Gasteiger partial charge is 0.493 e. The minimum atomic E-state index is -0.403. The van der Waals surface area contributed by atoms with Gasteiger partial charge in [0.1, 0.15) is 5.75 Å². The molecular formula is C26H29N3O3S. The highest BCUT2D eigenvalue weighted by atomic mass is 32.1. The van der Waals surface area contributed by atoms with Gasteiger partial charge >= 0.3 is 0 Å². The molecule has 3 aromatic rings. The molecule has 0 aliphatic heterocycles. The van der Waals surface area contributed by atoms with Crippen LogP contribution in [0.4, 0.5) is 0 Å². The van der Waals surface area contributed by atoms with E-state index in [0.29, 0.717) is 17.9 Å². The second-order valence-electron chi connectivity index (χ2n) is 7.68. The van der Waals surface area contributed by atoms with Crippen molar-refractivity contribution in [3.63, 3.8) is 0 Å². The first-order chi connectivity index (χ1) is 16.1. The van der Waals surface area contributed by atoms with Crippen LogP contribution >= 0.6 is 12.2 Å². The maximum absolute atomic E-state index is 12.7. The van der Waals surface area contributed by atoms with E-state index in [1.54, 1.807) is 18.2 Å². The fourth-order valence-electron chi connectivity index (χ4n) is 3.48. The van der Waals surface area contributed by atoms with Gasteiger partial charge in [0, 0.05) is 0 Å². The van der Waals surface area contributed by atoms with Crippen molar-refractivity contribution in [1.29, 1.82) is 0 Å². The summed E-state index contributed by atoms with van der Waals surface area (Å²) in [5.41, 5.74) is 6.44. The number of para-hydroxylation sites is 1. The summed E-state index contributed by atoms with van der Waals surface area (Å²) in [5.74, 6) is -0.159. The van der Waals surface area contributed by atoms with Gasteiger partial charge in [0.25, 0.3) is 5.91 Å². The lowest BCUT2D eigenvalue weighted by Crippen LogP contribution is -2.48. The third kappa shape index (κ3) is 7.29. The van der Waals surface area contributed by atoms with Gasteiger partial charge in [-0.15, -0.1) is 0 Å². The second-order valence-corrected chi connectivity index (χ2v) is 8.09. The van der Waals surface area contributed by atoms with Crippen molar-refractivity contribution in [3.05, 3.63) is 77.9 Å². The molecule has 3 rings (SSSR count). The van der Waals surface area contributed by atoms with Crippen LogP contribution in [0.3, 0.4) is 0 Å². The molecule has 0 atom stereocenters. The number of hydrogen-bond donors (Lipinski definition) is 3. The minimum absolute atomic E-state index is 0.00372. The average Bonchev–Trinajstić information content (AvgIpc) is 2.83. The van der Waals surface area contributed by atoms with Crippen LogP contribution in [0, 0.1) is 0 Å². The number of rotatable bonds is 9. The van der Waals surface area contributed by atoms with Crippen molar-refractivity contribution in [3.8, 4) is 5.75 Å². The molecule has 7 heteroatoms. The predicted molar refractivity (Wildman–Crippen MR) is 135 cm³/mol. The summed E-state index contributed by atoms with van der Waals surface area (Å²) in [5, 5.41) is 4.69. The summed E-state index contributed by atoms with van der Waals surface area (Å²) in [6, 6.07) is 20.8. The number of amides is 2. The molecule has 0 saturated heterocycles. The van der Waals surface area contributed by atoms with Crippen LogP contribution in [0.25, 0.3) is 10.8 Å². The molecule has 6 nitrogen and oxygen atoms in total. The van der Waals surface area contributed by atoms with Crippen molar-refractivity contribution in [1.82, 2.24) is 16.2 Å². The van der Waals surface area contributed by atoms with Crippen molar-refractivity contribution >= 4 is 39.9 Å². The van der Waals surface area contributed by atoms with Gasteiger partial charge in [-0.25, -0.2) is 0 Å². The van der Waals surface area contributed by atoms with Gasteiger partial charge in [0.15, 0.2) is 5.11 Å². The third-order valence-electron chi connectivity index (χ3n) is 5.16. The Bertz CT molecular complexity index is 1110. The fraction of sp³-hybridized carbons (Fsp3) is 0.269. The first-order valence-corrected chi connectivity index (χ1v) is 11.6. The van der Waals surface area contributed by atoms with Gasteiger partial charge in [-0.2, -0.15) is 0 Å². The summed E-state index contributed by atoms with van der Waals surface area (Å²) in [6.07, 6.45) is 4.53. The molecule has 0 saturated carbocycles. The van der Waals surface area contributed by atoms with E-state index in [-0.39, 0.29) is 17.4 Å². The van der Waals surface area contributed by atoms with Crippen LogP contribution in [0.5, 0.6) is 5.75 Å². The number of unbranched alkanes of at least 4 members (excludes halogenated alkanes) is 3. The molecule has 0 spiro atoms.